The van der Waals surface area contributed by atoms with Crippen LogP contribution in [0.25, 0.3) is 0 Å². The van der Waals surface area contributed by atoms with Crippen molar-refractivity contribution in [3.63, 3.8) is 0 Å². The molecule has 0 aliphatic carbocycles. The number of nitrogens with zero attached hydrogens (tertiary/aromatic N) is 3. The van der Waals surface area contributed by atoms with E-state index in [1.54, 1.807) is 0 Å². The second kappa shape index (κ2) is 7.44. The van der Waals surface area contributed by atoms with Crippen molar-refractivity contribution in [3.8, 4) is 0 Å². The number of nitrogens with one attached hydrogen (secondary N) is 1. The van der Waals surface area contributed by atoms with Gasteiger partial charge in [-0.1, -0.05) is 48.5 Å². The van der Waals surface area contributed by atoms with E-state index >= 15 is 0 Å². The first-order valence-corrected chi connectivity index (χ1v) is 8.97. The lowest BCUT2D eigenvalue weighted by molar-refractivity contribution is 0.205. The Kier molecular flexibility index (Phi) is 4.69. The lowest BCUT2D eigenvalue weighted by Gasteiger charge is -2.27. The van der Waals surface area contributed by atoms with Crippen LogP contribution in [-0.2, 0) is 25.9 Å². The molecular formula is C21H22N4O. The van der Waals surface area contributed by atoms with E-state index in [0.717, 1.165) is 30.8 Å². The normalized spacial score (nSPS) is 13.3. The summed E-state index contributed by atoms with van der Waals surface area (Å²) < 4.78 is 2.23. The van der Waals surface area contributed by atoms with Gasteiger partial charge in [-0.05, 0) is 24.1 Å². The van der Waals surface area contributed by atoms with Gasteiger partial charge in [0, 0.05) is 30.9 Å². The topological polar surface area (TPSA) is 50.2 Å². The molecule has 0 bridgehead atoms. The van der Waals surface area contributed by atoms with Crippen molar-refractivity contribution in [2.75, 3.05) is 11.9 Å². The van der Waals surface area contributed by atoms with E-state index in [2.05, 4.69) is 39.1 Å². The summed E-state index contributed by atoms with van der Waals surface area (Å²) in [6, 6.07) is 20.0. The molecule has 1 aromatic heterocycles. The fraction of sp³-hybridized carbons (Fsp3) is 0.238. The minimum Gasteiger partial charge on any atom is -0.334 e. The molecule has 26 heavy (non-hydrogen) atoms. The largest absolute Gasteiger partial charge is 0.334 e. The van der Waals surface area contributed by atoms with Gasteiger partial charge in [-0.2, -0.15) is 0 Å². The van der Waals surface area contributed by atoms with Crippen LogP contribution in [0.15, 0.2) is 67.0 Å². The first-order valence-electron chi connectivity index (χ1n) is 8.97. The van der Waals surface area contributed by atoms with Crippen molar-refractivity contribution in [2.24, 2.45) is 0 Å². The Hall–Kier alpha value is -3.08. The van der Waals surface area contributed by atoms with Crippen molar-refractivity contribution >= 4 is 11.7 Å². The van der Waals surface area contributed by atoms with Gasteiger partial charge < -0.3 is 14.8 Å². The van der Waals surface area contributed by atoms with E-state index in [4.69, 9.17) is 0 Å². The first kappa shape index (κ1) is 16.4. The van der Waals surface area contributed by atoms with E-state index < -0.39 is 0 Å². The van der Waals surface area contributed by atoms with Crippen molar-refractivity contribution in [1.29, 1.82) is 0 Å². The fourth-order valence-electron chi connectivity index (χ4n) is 3.35. The van der Waals surface area contributed by atoms with E-state index in [-0.39, 0.29) is 6.03 Å². The van der Waals surface area contributed by atoms with Crippen LogP contribution in [0.2, 0.25) is 0 Å². The maximum atomic E-state index is 12.5. The molecule has 5 heteroatoms. The molecule has 2 aromatic carbocycles. The Labute approximate surface area is 153 Å². The third kappa shape index (κ3) is 3.61. The highest BCUT2D eigenvalue weighted by Crippen LogP contribution is 2.19. The molecule has 2 heterocycles. The molecule has 4 rings (SSSR count). The minimum atomic E-state index is -0.0688. The van der Waals surface area contributed by atoms with Gasteiger partial charge in [-0.25, -0.2) is 9.78 Å². The monoisotopic (exact) mass is 346 g/mol. The summed E-state index contributed by atoms with van der Waals surface area (Å²) in [7, 11) is 0. The van der Waals surface area contributed by atoms with Gasteiger partial charge in [0.2, 0.25) is 0 Å². The number of hydrogen-bond acceptors (Lipinski definition) is 2. The highest BCUT2D eigenvalue weighted by atomic mass is 16.2. The summed E-state index contributed by atoms with van der Waals surface area (Å²) in [6.45, 7) is 2.19. The Morgan fingerprint density at radius 3 is 2.54 bits per heavy atom. The molecule has 0 saturated heterocycles. The number of aryl methyl sites for hydroxylation is 2. The van der Waals surface area contributed by atoms with Gasteiger partial charge in [0.1, 0.15) is 0 Å². The maximum absolute atomic E-state index is 12.5. The summed E-state index contributed by atoms with van der Waals surface area (Å²) in [5, 5.41) is 2.95. The molecule has 2 amide bonds. The zero-order valence-corrected chi connectivity index (χ0v) is 14.6. The number of carbonyl (C=O) groups excluding carboxylic acids is 1. The smallest absolute Gasteiger partial charge is 0.322 e. The van der Waals surface area contributed by atoms with Crippen LogP contribution < -0.4 is 5.32 Å². The van der Waals surface area contributed by atoms with Crippen LogP contribution in [0.1, 0.15) is 17.0 Å². The summed E-state index contributed by atoms with van der Waals surface area (Å²) in [6.07, 6.45) is 3.74. The average Bonchev–Trinajstić information content (AvgIpc) is 3.10. The Morgan fingerprint density at radius 2 is 1.77 bits per heavy atom. The average molecular weight is 346 g/mol. The number of fused-ring (bicyclic) bond motifs is 1. The van der Waals surface area contributed by atoms with Gasteiger partial charge in [0.25, 0.3) is 0 Å². The maximum Gasteiger partial charge on any atom is 0.322 e. The second-order valence-corrected chi connectivity index (χ2v) is 6.53. The minimum absolute atomic E-state index is 0.0688. The molecule has 0 spiro atoms. The quantitative estimate of drug-likeness (QED) is 0.783. The molecule has 132 valence electrons. The molecule has 1 aliphatic rings. The number of imidazole rings is 1. The highest BCUT2D eigenvalue weighted by Gasteiger charge is 2.24. The van der Waals surface area contributed by atoms with Crippen molar-refractivity contribution in [2.45, 2.75) is 25.9 Å². The summed E-state index contributed by atoms with van der Waals surface area (Å²) in [4.78, 5) is 18.8. The fourth-order valence-corrected chi connectivity index (χ4v) is 3.35. The third-order valence-electron chi connectivity index (χ3n) is 4.79. The lowest BCUT2D eigenvalue weighted by atomic mass is 10.1. The molecule has 3 aromatic rings. The third-order valence-corrected chi connectivity index (χ3v) is 4.79. The van der Waals surface area contributed by atoms with E-state index in [1.807, 2.05) is 47.6 Å². The van der Waals surface area contributed by atoms with Crippen LogP contribution in [0.3, 0.4) is 0 Å². The number of urea groups is 1. The second-order valence-electron chi connectivity index (χ2n) is 6.53. The number of hydrogen-bond donors (Lipinski definition) is 1. The van der Waals surface area contributed by atoms with Crippen LogP contribution in [-0.4, -0.2) is 27.0 Å². The van der Waals surface area contributed by atoms with Crippen LogP contribution >= 0.6 is 0 Å². The number of amides is 2. The predicted molar refractivity (Wildman–Crippen MR) is 102 cm³/mol. The summed E-state index contributed by atoms with van der Waals surface area (Å²) in [5.74, 6) is 0. The molecule has 0 fully saturated rings. The Morgan fingerprint density at radius 1 is 1.04 bits per heavy atom. The number of benzene rings is 2. The van der Waals surface area contributed by atoms with E-state index in [1.165, 1.54) is 11.3 Å². The van der Waals surface area contributed by atoms with Gasteiger partial charge in [-0.3, -0.25) is 0 Å². The highest BCUT2D eigenvalue weighted by molar-refractivity contribution is 5.89. The molecule has 0 radical (unpaired) electrons. The van der Waals surface area contributed by atoms with Gasteiger partial charge >= 0.3 is 6.03 Å². The zero-order valence-electron chi connectivity index (χ0n) is 14.6. The summed E-state index contributed by atoms with van der Waals surface area (Å²) >= 11 is 0. The Balaban J connectivity index is 1.39. The van der Waals surface area contributed by atoms with Crippen LogP contribution in [0.4, 0.5) is 10.5 Å². The number of carbonyl (C=O) groups is 1. The number of rotatable bonds is 4. The van der Waals surface area contributed by atoms with Gasteiger partial charge in [0.15, 0.2) is 0 Å². The molecule has 0 unspecified atom stereocenters. The number of anilines is 1. The van der Waals surface area contributed by atoms with Gasteiger partial charge in [0.05, 0.1) is 18.6 Å². The number of aromatic nitrogens is 2. The van der Waals surface area contributed by atoms with Crippen LogP contribution in [0, 0.1) is 0 Å². The predicted octanol–water partition coefficient (Wildman–Crippen LogP) is 3.72. The van der Waals surface area contributed by atoms with Crippen molar-refractivity contribution in [3.05, 3.63) is 83.9 Å². The molecule has 1 N–H and O–H groups in total. The van der Waals surface area contributed by atoms with Crippen LogP contribution in [0.5, 0.6) is 0 Å². The van der Waals surface area contributed by atoms with E-state index in [9.17, 15) is 4.79 Å². The van der Waals surface area contributed by atoms with Crippen molar-refractivity contribution < 1.29 is 4.79 Å². The Bertz CT molecular complexity index is 874. The molecular weight excluding hydrogens is 324 g/mol. The first-order chi connectivity index (χ1) is 12.8. The van der Waals surface area contributed by atoms with Crippen molar-refractivity contribution in [1.82, 2.24) is 14.5 Å². The molecule has 5 nitrogen and oxygen atoms in total. The molecule has 0 saturated carbocycles. The van der Waals surface area contributed by atoms with Gasteiger partial charge in [-0.15, -0.1) is 0 Å². The lowest BCUT2D eigenvalue weighted by Crippen LogP contribution is -2.39. The molecule has 1 aliphatic heterocycles. The zero-order chi connectivity index (χ0) is 17.8. The van der Waals surface area contributed by atoms with E-state index in [0.29, 0.717) is 13.1 Å². The molecule has 0 atom stereocenters. The summed E-state index contributed by atoms with van der Waals surface area (Å²) in [5.41, 5.74) is 4.41. The standard InChI is InChI=1S/C21H22N4O/c26-21(23-18-9-5-2-6-10-18)24-14-12-20-19(15-24)22-16-25(20)13-11-17-7-3-1-4-8-17/h1-10,16H,11-15H2,(H,23,26). The SMILES string of the molecule is O=C(Nc1ccccc1)N1CCc2c(ncn2CCc2ccccc2)C1. The number of para-hydroxylation sites is 1.